The molecule has 7 heteroatoms. The van der Waals surface area contributed by atoms with Crippen molar-refractivity contribution in [3.05, 3.63) is 35.9 Å². The van der Waals surface area contributed by atoms with Crippen molar-refractivity contribution >= 4 is 11.9 Å². The van der Waals surface area contributed by atoms with E-state index in [9.17, 15) is 9.59 Å². The van der Waals surface area contributed by atoms with E-state index < -0.39 is 18.0 Å². The van der Waals surface area contributed by atoms with Gasteiger partial charge in [0.2, 0.25) is 0 Å². The number of rotatable bonds is 10. The van der Waals surface area contributed by atoms with E-state index in [1.54, 1.807) is 0 Å². The van der Waals surface area contributed by atoms with Gasteiger partial charge in [-0.3, -0.25) is 14.9 Å². The van der Waals surface area contributed by atoms with E-state index >= 15 is 0 Å². The lowest BCUT2D eigenvalue weighted by Gasteiger charge is -2.15. The van der Waals surface area contributed by atoms with Gasteiger partial charge in [-0.25, -0.2) is 0 Å². The Morgan fingerprint density at radius 1 is 1.18 bits per heavy atom. The summed E-state index contributed by atoms with van der Waals surface area (Å²) >= 11 is 0. The topological polar surface area (TPSA) is 99.9 Å². The van der Waals surface area contributed by atoms with Gasteiger partial charge in [-0.15, -0.1) is 0 Å². The predicted molar refractivity (Wildman–Crippen MR) is 79.9 cm³/mol. The maximum atomic E-state index is 11.7. The monoisotopic (exact) mass is 310 g/mol. The second-order valence-corrected chi connectivity index (χ2v) is 4.48. The molecule has 122 valence electrons. The van der Waals surface area contributed by atoms with Gasteiger partial charge in [-0.05, 0) is 5.56 Å². The van der Waals surface area contributed by atoms with E-state index in [2.05, 4.69) is 5.32 Å². The van der Waals surface area contributed by atoms with Gasteiger partial charge in [0.15, 0.2) is 0 Å². The van der Waals surface area contributed by atoms with Gasteiger partial charge in [-0.2, -0.15) is 0 Å². The average Bonchev–Trinajstić information content (AvgIpc) is 2.54. The Balaban J connectivity index is 2.26. The number of carbonyl (C=O) groups is 2. The zero-order chi connectivity index (χ0) is 16.2. The lowest BCUT2D eigenvalue weighted by atomic mass is 10.2. The normalized spacial score (nSPS) is 11.7. The molecule has 0 heterocycles. The third kappa shape index (κ3) is 7.16. The highest BCUT2D eigenvalue weighted by Gasteiger charge is 2.19. The van der Waals surface area contributed by atoms with Crippen LogP contribution in [0.4, 0.5) is 0 Å². The van der Waals surface area contributed by atoms with Crippen LogP contribution in [0, 0.1) is 0 Å². The number of benzene rings is 1. The molecule has 1 atom stereocenters. The van der Waals surface area contributed by atoms with Crippen LogP contribution in [0.25, 0.3) is 0 Å². The van der Waals surface area contributed by atoms with Crippen molar-refractivity contribution in [3.8, 4) is 0 Å². The van der Waals surface area contributed by atoms with E-state index in [1.165, 1.54) is 7.11 Å². The zero-order valence-corrected chi connectivity index (χ0v) is 12.6. The summed E-state index contributed by atoms with van der Waals surface area (Å²) in [6.45, 7) is 0.549. The van der Waals surface area contributed by atoms with Crippen LogP contribution in [-0.2, 0) is 30.4 Å². The summed E-state index contributed by atoms with van der Waals surface area (Å²) in [6.07, 6.45) is 0. The van der Waals surface area contributed by atoms with Gasteiger partial charge < -0.3 is 19.9 Å². The van der Waals surface area contributed by atoms with Crippen LogP contribution >= 0.6 is 0 Å². The molecule has 3 N–H and O–H groups in total. The molecule has 7 nitrogen and oxygen atoms in total. The summed E-state index contributed by atoms with van der Waals surface area (Å²) in [4.78, 5) is 23.3. The fraction of sp³-hybridized carbons (Fsp3) is 0.467. The molecule has 1 aromatic carbocycles. The fourth-order valence-electron chi connectivity index (χ4n) is 1.58. The van der Waals surface area contributed by atoms with Crippen LogP contribution in [0.15, 0.2) is 30.3 Å². The highest BCUT2D eigenvalue weighted by molar-refractivity contribution is 5.78. The SMILES string of the molecule is COCCOC(=O)[C@@H](CN)NCC(=O)OCc1ccccc1. The first-order chi connectivity index (χ1) is 10.7. The summed E-state index contributed by atoms with van der Waals surface area (Å²) in [5.41, 5.74) is 6.38. The first kappa shape index (κ1) is 18.1. The Kier molecular flexibility index (Phi) is 8.82. The minimum Gasteiger partial charge on any atom is -0.462 e. The second-order valence-electron chi connectivity index (χ2n) is 4.48. The quantitative estimate of drug-likeness (QED) is 0.457. The van der Waals surface area contributed by atoms with Crippen molar-refractivity contribution in [2.24, 2.45) is 5.73 Å². The number of carbonyl (C=O) groups excluding carboxylic acids is 2. The maximum absolute atomic E-state index is 11.7. The third-order valence-corrected chi connectivity index (χ3v) is 2.79. The van der Waals surface area contributed by atoms with Gasteiger partial charge in [-0.1, -0.05) is 30.3 Å². The van der Waals surface area contributed by atoms with Crippen molar-refractivity contribution in [1.29, 1.82) is 0 Å². The van der Waals surface area contributed by atoms with Crippen LogP contribution in [-0.4, -0.2) is 51.4 Å². The molecule has 0 bridgehead atoms. The molecular formula is C15H22N2O5. The van der Waals surface area contributed by atoms with E-state index in [0.717, 1.165) is 5.56 Å². The fourth-order valence-corrected chi connectivity index (χ4v) is 1.58. The third-order valence-electron chi connectivity index (χ3n) is 2.79. The number of hydrogen-bond donors (Lipinski definition) is 2. The lowest BCUT2D eigenvalue weighted by Crippen LogP contribution is -2.46. The lowest BCUT2D eigenvalue weighted by molar-refractivity contribution is -0.148. The maximum Gasteiger partial charge on any atom is 0.324 e. The number of ether oxygens (including phenoxy) is 3. The van der Waals surface area contributed by atoms with Crippen LogP contribution in [0.5, 0.6) is 0 Å². The standard InChI is InChI=1S/C15H22N2O5/c1-20-7-8-21-15(19)13(9-16)17-10-14(18)22-11-12-5-3-2-4-6-12/h2-6,13,17H,7-11,16H2,1H3/t13-/m1/s1. The number of methoxy groups -OCH3 is 1. The molecule has 0 fully saturated rings. The molecule has 0 saturated carbocycles. The first-order valence-electron chi connectivity index (χ1n) is 6.96. The van der Waals surface area contributed by atoms with Crippen molar-refractivity contribution < 1.29 is 23.8 Å². The molecule has 0 aliphatic rings. The molecule has 0 spiro atoms. The highest BCUT2D eigenvalue weighted by atomic mass is 16.6. The largest absolute Gasteiger partial charge is 0.462 e. The Morgan fingerprint density at radius 2 is 1.91 bits per heavy atom. The Bertz CT molecular complexity index is 453. The summed E-state index contributed by atoms with van der Waals surface area (Å²) in [6, 6.07) is 8.58. The number of hydrogen-bond acceptors (Lipinski definition) is 7. The molecule has 0 saturated heterocycles. The predicted octanol–water partition coefficient (Wildman–Crippen LogP) is -0.164. The Labute approximate surface area is 129 Å². The van der Waals surface area contributed by atoms with Gasteiger partial charge in [0, 0.05) is 13.7 Å². The highest BCUT2D eigenvalue weighted by Crippen LogP contribution is 2.00. The Hall–Kier alpha value is -1.96. The van der Waals surface area contributed by atoms with Crippen LogP contribution < -0.4 is 11.1 Å². The number of nitrogens with one attached hydrogen (secondary N) is 1. The molecular weight excluding hydrogens is 288 g/mol. The van der Waals surface area contributed by atoms with E-state index in [4.69, 9.17) is 19.9 Å². The van der Waals surface area contributed by atoms with Crippen LogP contribution in [0.1, 0.15) is 5.56 Å². The molecule has 1 aromatic rings. The smallest absolute Gasteiger partial charge is 0.324 e. The number of nitrogens with two attached hydrogens (primary N) is 1. The molecule has 0 aliphatic heterocycles. The summed E-state index contributed by atoms with van der Waals surface area (Å²) in [5.74, 6) is -0.984. The Morgan fingerprint density at radius 3 is 2.55 bits per heavy atom. The molecule has 0 aliphatic carbocycles. The van der Waals surface area contributed by atoms with E-state index in [-0.39, 0.29) is 26.3 Å². The van der Waals surface area contributed by atoms with Gasteiger partial charge in [0.25, 0.3) is 0 Å². The van der Waals surface area contributed by atoms with Crippen LogP contribution in [0.2, 0.25) is 0 Å². The molecule has 22 heavy (non-hydrogen) atoms. The summed E-state index contributed by atoms with van der Waals surface area (Å²) in [5, 5.41) is 2.72. The van der Waals surface area contributed by atoms with Gasteiger partial charge in [0.1, 0.15) is 19.3 Å². The first-order valence-corrected chi connectivity index (χ1v) is 6.96. The molecule has 0 amide bonds. The minimum absolute atomic E-state index is 0.0256. The summed E-state index contributed by atoms with van der Waals surface area (Å²) in [7, 11) is 1.51. The van der Waals surface area contributed by atoms with Gasteiger partial charge in [0.05, 0.1) is 13.2 Å². The molecule has 0 aromatic heterocycles. The second kappa shape index (κ2) is 10.7. The zero-order valence-electron chi connectivity index (χ0n) is 12.6. The molecule has 0 radical (unpaired) electrons. The molecule has 0 unspecified atom stereocenters. The molecule has 1 rings (SSSR count). The van der Waals surface area contributed by atoms with E-state index in [1.807, 2.05) is 30.3 Å². The van der Waals surface area contributed by atoms with Crippen molar-refractivity contribution in [1.82, 2.24) is 5.32 Å². The van der Waals surface area contributed by atoms with Gasteiger partial charge >= 0.3 is 11.9 Å². The van der Waals surface area contributed by atoms with Crippen molar-refractivity contribution in [2.45, 2.75) is 12.6 Å². The van der Waals surface area contributed by atoms with E-state index in [0.29, 0.717) is 6.61 Å². The summed E-state index contributed by atoms with van der Waals surface area (Å²) < 4.78 is 14.8. The van der Waals surface area contributed by atoms with Crippen molar-refractivity contribution in [2.75, 3.05) is 33.4 Å². The average molecular weight is 310 g/mol. The number of esters is 2. The van der Waals surface area contributed by atoms with Crippen molar-refractivity contribution in [3.63, 3.8) is 0 Å². The van der Waals surface area contributed by atoms with Crippen LogP contribution in [0.3, 0.4) is 0 Å². The minimum atomic E-state index is -0.749.